The first kappa shape index (κ1) is 24.6. The topological polar surface area (TPSA) is 96.9 Å². The van der Waals surface area contributed by atoms with E-state index in [-0.39, 0.29) is 12.1 Å². The summed E-state index contributed by atoms with van der Waals surface area (Å²) in [5.41, 5.74) is 4.91. The maximum atomic E-state index is 9.61. The van der Waals surface area contributed by atoms with Gasteiger partial charge in [0.05, 0.1) is 24.4 Å². The first-order valence-corrected chi connectivity index (χ1v) is 12.5. The van der Waals surface area contributed by atoms with Gasteiger partial charge in [-0.25, -0.2) is 4.98 Å². The van der Waals surface area contributed by atoms with Crippen molar-refractivity contribution in [2.75, 3.05) is 0 Å². The molecule has 3 aromatic rings. The van der Waals surface area contributed by atoms with Crippen LogP contribution in [0, 0.1) is 11.3 Å². The molecule has 0 spiro atoms. The third kappa shape index (κ3) is 5.76. The zero-order valence-electron chi connectivity index (χ0n) is 20.2. The highest BCUT2D eigenvalue weighted by molar-refractivity contribution is 7.15. The molecule has 0 radical (unpaired) electrons. The maximum Gasteiger partial charge on any atom is 0.180 e. The van der Waals surface area contributed by atoms with Crippen molar-refractivity contribution in [1.82, 2.24) is 20.5 Å². The van der Waals surface area contributed by atoms with Crippen molar-refractivity contribution < 1.29 is 9.15 Å². The molecule has 1 aromatic carbocycles. The van der Waals surface area contributed by atoms with E-state index in [0.29, 0.717) is 17.9 Å². The number of hydrogen-bond donors (Lipinski definition) is 1. The van der Waals surface area contributed by atoms with Crippen LogP contribution in [0.4, 0.5) is 0 Å². The van der Waals surface area contributed by atoms with Gasteiger partial charge in [-0.1, -0.05) is 42.2 Å². The van der Waals surface area contributed by atoms with Crippen LogP contribution in [0.3, 0.4) is 0 Å². The third-order valence-electron chi connectivity index (χ3n) is 5.83. The summed E-state index contributed by atoms with van der Waals surface area (Å²) >= 11 is 1.52. The number of benzene rings is 1. The van der Waals surface area contributed by atoms with Gasteiger partial charge in [0, 0.05) is 17.2 Å². The maximum absolute atomic E-state index is 9.61. The lowest BCUT2D eigenvalue weighted by Crippen LogP contribution is -2.25. The number of hydrogen-bond acceptors (Lipinski definition) is 8. The molecule has 2 aromatic heterocycles. The Labute approximate surface area is 209 Å². The Hall–Kier alpha value is -3.54. The molecular weight excluding hydrogens is 458 g/mol. The van der Waals surface area contributed by atoms with Crippen LogP contribution < -0.4 is 5.32 Å². The summed E-state index contributed by atoms with van der Waals surface area (Å²) in [7, 11) is 0. The average Bonchev–Trinajstić information content (AvgIpc) is 3.55. The van der Waals surface area contributed by atoms with Crippen molar-refractivity contribution in [3.63, 3.8) is 0 Å². The number of aromatic nitrogens is 3. The van der Waals surface area contributed by atoms with Gasteiger partial charge in [-0.05, 0) is 57.2 Å². The molecule has 0 bridgehead atoms. The second-order valence-electron chi connectivity index (χ2n) is 8.58. The molecule has 0 amide bonds. The molecule has 180 valence electrons. The van der Waals surface area contributed by atoms with Crippen LogP contribution in [-0.4, -0.2) is 21.3 Å². The van der Waals surface area contributed by atoms with Crippen molar-refractivity contribution in [2.45, 2.75) is 58.7 Å². The zero-order chi connectivity index (χ0) is 24.8. The third-order valence-corrected chi connectivity index (χ3v) is 6.83. The lowest BCUT2D eigenvalue weighted by atomic mass is 9.85. The SMILES string of the molecule is C=C(OC(C)C)C(C#N)=CC(=CC)c1nnc(-c2cccc3c2CCCC3NCc2cnco2)s1. The summed E-state index contributed by atoms with van der Waals surface area (Å²) in [6, 6.07) is 8.82. The molecule has 1 atom stereocenters. The van der Waals surface area contributed by atoms with E-state index in [1.165, 1.54) is 28.9 Å². The van der Waals surface area contributed by atoms with Gasteiger partial charge in [0.25, 0.3) is 0 Å². The molecule has 1 N–H and O–H groups in total. The molecule has 1 aliphatic rings. The minimum Gasteiger partial charge on any atom is -0.490 e. The highest BCUT2D eigenvalue weighted by Crippen LogP contribution is 2.38. The van der Waals surface area contributed by atoms with Crippen molar-refractivity contribution in [3.8, 4) is 16.6 Å². The molecule has 0 fully saturated rings. The van der Waals surface area contributed by atoms with Crippen LogP contribution in [0.2, 0.25) is 0 Å². The molecule has 7 nitrogen and oxygen atoms in total. The van der Waals surface area contributed by atoms with Crippen LogP contribution in [0.15, 0.2) is 65.3 Å². The van der Waals surface area contributed by atoms with E-state index in [1.807, 2.05) is 26.8 Å². The Morgan fingerprint density at radius 3 is 2.97 bits per heavy atom. The number of nitrogens with zero attached hydrogens (tertiary/aromatic N) is 4. The molecule has 4 rings (SSSR count). The number of fused-ring (bicyclic) bond motifs is 1. The van der Waals surface area contributed by atoms with E-state index in [1.54, 1.807) is 12.3 Å². The van der Waals surface area contributed by atoms with Crippen LogP contribution >= 0.6 is 11.3 Å². The van der Waals surface area contributed by atoms with Crippen LogP contribution in [-0.2, 0) is 17.7 Å². The fourth-order valence-corrected chi connectivity index (χ4v) is 5.15. The molecule has 0 saturated carbocycles. The molecule has 0 aliphatic heterocycles. The molecule has 8 heteroatoms. The van der Waals surface area contributed by atoms with Gasteiger partial charge in [0.15, 0.2) is 6.39 Å². The summed E-state index contributed by atoms with van der Waals surface area (Å²) in [5, 5.41) is 23.8. The Balaban J connectivity index is 1.59. The van der Waals surface area contributed by atoms with E-state index in [4.69, 9.17) is 9.15 Å². The van der Waals surface area contributed by atoms with Gasteiger partial charge in [-0.3, -0.25) is 0 Å². The lowest BCUT2D eigenvalue weighted by molar-refractivity contribution is 0.157. The van der Waals surface area contributed by atoms with Crippen molar-refractivity contribution in [1.29, 1.82) is 5.26 Å². The molecule has 35 heavy (non-hydrogen) atoms. The molecule has 2 heterocycles. The van der Waals surface area contributed by atoms with Crippen molar-refractivity contribution >= 4 is 16.9 Å². The number of ether oxygens (including phenoxy) is 1. The van der Waals surface area contributed by atoms with E-state index in [0.717, 1.165) is 46.2 Å². The fraction of sp³-hybridized carbons (Fsp3) is 0.333. The Morgan fingerprint density at radius 1 is 1.40 bits per heavy atom. The highest BCUT2D eigenvalue weighted by atomic mass is 32.1. The molecule has 0 saturated heterocycles. The number of nitrogens with one attached hydrogen (secondary N) is 1. The number of rotatable bonds is 9. The minimum atomic E-state index is -0.0558. The van der Waals surface area contributed by atoms with Crippen LogP contribution in [0.25, 0.3) is 16.1 Å². The van der Waals surface area contributed by atoms with Gasteiger partial charge < -0.3 is 14.5 Å². The highest BCUT2D eigenvalue weighted by Gasteiger charge is 2.24. The Morgan fingerprint density at radius 2 is 2.26 bits per heavy atom. The predicted octanol–water partition coefficient (Wildman–Crippen LogP) is 6.15. The van der Waals surface area contributed by atoms with Gasteiger partial charge in [-0.15, -0.1) is 10.2 Å². The predicted molar refractivity (Wildman–Crippen MR) is 137 cm³/mol. The van der Waals surface area contributed by atoms with Gasteiger partial charge in [0.1, 0.15) is 27.6 Å². The minimum absolute atomic E-state index is 0.0558. The van der Waals surface area contributed by atoms with Crippen molar-refractivity contribution in [3.05, 3.63) is 82.7 Å². The summed E-state index contributed by atoms with van der Waals surface area (Å²) in [5.74, 6) is 1.18. The van der Waals surface area contributed by atoms with Crippen LogP contribution in [0.5, 0.6) is 0 Å². The summed E-state index contributed by atoms with van der Waals surface area (Å²) in [6.07, 6.45) is 9.99. The van der Waals surface area contributed by atoms with E-state index < -0.39 is 0 Å². The zero-order valence-corrected chi connectivity index (χ0v) is 21.1. The molecule has 1 unspecified atom stereocenters. The van der Waals surface area contributed by atoms with Gasteiger partial charge in [0.2, 0.25) is 0 Å². The number of nitriles is 1. The van der Waals surface area contributed by atoms with Crippen LogP contribution in [0.1, 0.15) is 61.5 Å². The van der Waals surface area contributed by atoms with Crippen molar-refractivity contribution in [2.24, 2.45) is 0 Å². The largest absolute Gasteiger partial charge is 0.490 e. The van der Waals surface area contributed by atoms with E-state index in [2.05, 4.69) is 51.3 Å². The second-order valence-corrected chi connectivity index (χ2v) is 9.56. The second kappa shape index (κ2) is 11.3. The number of oxazole rings is 1. The summed E-state index contributed by atoms with van der Waals surface area (Å²) in [6.45, 7) is 10.3. The summed E-state index contributed by atoms with van der Waals surface area (Å²) < 4.78 is 11.0. The standard InChI is InChI=1S/C27H29N5O2S/c1-5-19(12-20(13-28)18(4)34-17(2)3)26-31-32-27(35-26)24-10-6-9-23-22(24)8-7-11-25(23)30-15-21-14-29-16-33-21/h5-6,9-10,12,14,16-17,25,30H,4,7-8,11,15H2,1-3H3. The Bertz CT molecular complexity index is 1280. The number of allylic oxidation sites excluding steroid dienone is 4. The fourth-order valence-electron chi connectivity index (χ4n) is 4.21. The monoisotopic (exact) mass is 487 g/mol. The molecule has 1 aliphatic carbocycles. The first-order valence-electron chi connectivity index (χ1n) is 11.7. The van der Waals surface area contributed by atoms with Gasteiger partial charge in [-0.2, -0.15) is 5.26 Å². The lowest BCUT2D eigenvalue weighted by Gasteiger charge is -2.27. The van der Waals surface area contributed by atoms with Gasteiger partial charge >= 0.3 is 0 Å². The normalized spacial score (nSPS) is 16.1. The summed E-state index contributed by atoms with van der Waals surface area (Å²) in [4.78, 5) is 3.99. The van der Waals surface area contributed by atoms with E-state index in [9.17, 15) is 5.26 Å². The quantitative estimate of drug-likeness (QED) is 0.219. The smallest absolute Gasteiger partial charge is 0.180 e. The average molecular weight is 488 g/mol. The first-order chi connectivity index (χ1) is 17.0. The Kier molecular flexibility index (Phi) is 7.91. The van der Waals surface area contributed by atoms with E-state index >= 15 is 0 Å². The molecular formula is C27H29N5O2S.